The molecule has 0 aliphatic heterocycles. The number of rotatable bonds is 6. The molecule has 1 aliphatic rings. The van der Waals surface area contributed by atoms with Crippen LogP contribution in [0.25, 0.3) is 5.69 Å². The molecule has 1 amide bonds. The first kappa shape index (κ1) is 18.7. The zero-order valence-electron chi connectivity index (χ0n) is 16.0. The topological polar surface area (TPSA) is 51.0 Å². The Bertz CT molecular complexity index is 964. The van der Waals surface area contributed by atoms with Gasteiger partial charge < -0.3 is 4.90 Å². The first-order valence-electron chi connectivity index (χ1n) is 9.58. The molecule has 1 aromatic heterocycles. The van der Waals surface area contributed by atoms with Gasteiger partial charge in [-0.15, -0.1) is 5.10 Å². The van der Waals surface area contributed by atoms with Crippen molar-refractivity contribution >= 4 is 17.5 Å². The number of aromatic nitrogens is 3. The Hall–Kier alpha value is -2.66. The van der Waals surface area contributed by atoms with Crippen LogP contribution in [0.2, 0.25) is 5.02 Å². The molecule has 5 nitrogen and oxygen atoms in total. The minimum Gasteiger partial charge on any atom is -0.329 e. The van der Waals surface area contributed by atoms with Crippen LogP contribution in [0.1, 0.15) is 47.8 Å². The Morgan fingerprint density at radius 2 is 1.86 bits per heavy atom. The average Bonchev–Trinajstić information content (AvgIpc) is 3.46. The summed E-state index contributed by atoms with van der Waals surface area (Å²) in [6.07, 6.45) is 2.36. The predicted molar refractivity (Wildman–Crippen MR) is 110 cm³/mol. The van der Waals surface area contributed by atoms with E-state index >= 15 is 0 Å². The van der Waals surface area contributed by atoms with Crippen LogP contribution < -0.4 is 0 Å². The van der Waals surface area contributed by atoms with E-state index in [9.17, 15) is 4.79 Å². The van der Waals surface area contributed by atoms with E-state index in [1.807, 2.05) is 42.2 Å². The minimum atomic E-state index is -0.126. The lowest BCUT2D eigenvalue weighted by atomic mass is 10.1. The van der Waals surface area contributed by atoms with Gasteiger partial charge in [0.25, 0.3) is 5.91 Å². The number of aryl methyl sites for hydroxylation is 1. The van der Waals surface area contributed by atoms with Crippen molar-refractivity contribution in [3.05, 3.63) is 76.8 Å². The second kappa shape index (κ2) is 7.76. The van der Waals surface area contributed by atoms with Crippen LogP contribution in [0.5, 0.6) is 0 Å². The van der Waals surface area contributed by atoms with Crippen molar-refractivity contribution in [1.82, 2.24) is 19.7 Å². The fraction of sp³-hybridized carbons (Fsp3) is 0.318. The van der Waals surface area contributed by atoms with Crippen LogP contribution in [0.15, 0.2) is 54.6 Å². The van der Waals surface area contributed by atoms with E-state index in [0.29, 0.717) is 16.8 Å². The lowest BCUT2D eigenvalue weighted by Gasteiger charge is -2.28. The molecule has 0 bridgehead atoms. The molecule has 144 valence electrons. The smallest absolute Gasteiger partial charge is 0.294 e. The molecule has 0 radical (unpaired) electrons. The molecule has 0 N–H and O–H groups in total. The molecule has 0 spiro atoms. The van der Waals surface area contributed by atoms with Gasteiger partial charge in [0.15, 0.2) is 0 Å². The molecular weight excluding hydrogens is 372 g/mol. The third kappa shape index (κ3) is 3.94. The van der Waals surface area contributed by atoms with Gasteiger partial charge in [-0.1, -0.05) is 41.9 Å². The number of benzene rings is 2. The van der Waals surface area contributed by atoms with Gasteiger partial charge in [0, 0.05) is 11.6 Å². The summed E-state index contributed by atoms with van der Waals surface area (Å²) in [5.41, 5.74) is 1.95. The number of halogens is 1. The molecule has 1 saturated carbocycles. The van der Waals surface area contributed by atoms with Crippen molar-refractivity contribution < 1.29 is 4.79 Å². The summed E-state index contributed by atoms with van der Waals surface area (Å²) in [5.74, 6) is 1.36. The zero-order chi connectivity index (χ0) is 19.7. The third-order valence-corrected chi connectivity index (χ3v) is 5.45. The van der Waals surface area contributed by atoms with Crippen LogP contribution in [-0.4, -0.2) is 32.1 Å². The highest BCUT2D eigenvalue weighted by Gasteiger charge is 2.32. The first-order valence-corrected chi connectivity index (χ1v) is 9.96. The highest BCUT2D eigenvalue weighted by atomic mass is 35.5. The summed E-state index contributed by atoms with van der Waals surface area (Å²) in [6.45, 7) is 4.66. The summed E-state index contributed by atoms with van der Waals surface area (Å²) in [4.78, 5) is 19.7. The van der Waals surface area contributed by atoms with Crippen LogP contribution in [-0.2, 0) is 0 Å². The molecule has 2 aromatic carbocycles. The van der Waals surface area contributed by atoms with Crippen molar-refractivity contribution in [2.24, 2.45) is 5.92 Å². The standard InChI is InChI=1S/C22H23ClN4O/c1-15(18-6-4-3-5-7-18)26(14-17-8-9-17)22(28)21-24-16(2)27(25-21)20-12-10-19(23)11-13-20/h3-7,10-13,15,17H,8-9,14H2,1-2H3. The van der Waals surface area contributed by atoms with Crippen LogP contribution in [0.4, 0.5) is 0 Å². The number of carbonyl (C=O) groups is 1. The molecule has 1 unspecified atom stereocenters. The van der Waals surface area contributed by atoms with E-state index in [2.05, 4.69) is 29.1 Å². The Balaban J connectivity index is 1.63. The van der Waals surface area contributed by atoms with Crippen LogP contribution in [0, 0.1) is 12.8 Å². The van der Waals surface area contributed by atoms with Crippen molar-refractivity contribution in [2.75, 3.05) is 6.54 Å². The largest absolute Gasteiger partial charge is 0.329 e. The summed E-state index contributed by atoms with van der Waals surface area (Å²) in [5, 5.41) is 5.16. The number of amides is 1. The lowest BCUT2D eigenvalue weighted by Crippen LogP contribution is -2.36. The molecule has 1 aliphatic carbocycles. The van der Waals surface area contributed by atoms with Gasteiger partial charge in [-0.05, 0) is 62.4 Å². The average molecular weight is 395 g/mol. The van der Waals surface area contributed by atoms with Crippen LogP contribution >= 0.6 is 11.6 Å². The Labute approximate surface area is 170 Å². The highest BCUT2D eigenvalue weighted by Crippen LogP contribution is 2.33. The number of nitrogens with zero attached hydrogens (tertiary/aromatic N) is 4. The maximum absolute atomic E-state index is 13.3. The summed E-state index contributed by atoms with van der Waals surface area (Å²) in [6, 6.07) is 17.4. The van der Waals surface area contributed by atoms with Gasteiger partial charge in [0.1, 0.15) is 5.82 Å². The van der Waals surface area contributed by atoms with Gasteiger partial charge in [-0.2, -0.15) is 0 Å². The quantitative estimate of drug-likeness (QED) is 0.601. The van der Waals surface area contributed by atoms with Gasteiger partial charge in [-0.3, -0.25) is 4.79 Å². The molecule has 1 fully saturated rings. The normalized spacial score (nSPS) is 14.7. The molecule has 1 atom stereocenters. The predicted octanol–water partition coefficient (Wildman–Crippen LogP) is 4.84. The van der Waals surface area contributed by atoms with Crippen molar-refractivity contribution in [2.45, 2.75) is 32.7 Å². The Morgan fingerprint density at radius 3 is 2.50 bits per heavy atom. The minimum absolute atomic E-state index is 0.0305. The highest BCUT2D eigenvalue weighted by molar-refractivity contribution is 6.30. The van der Waals surface area contributed by atoms with E-state index in [4.69, 9.17) is 11.6 Å². The molecule has 4 rings (SSSR count). The third-order valence-electron chi connectivity index (χ3n) is 5.19. The second-order valence-electron chi connectivity index (χ2n) is 7.36. The van der Waals surface area contributed by atoms with Gasteiger partial charge in [-0.25, -0.2) is 9.67 Å². The molecule has 1 heterocycles. The summed E-state index contributed by atoms with van der Waals surface area (Å²) in [7, 11) is 0. The monoisotopic (exact) mass is 394 g/mol. The van der Waals surface area contributed by atoms with Gasteiger partial charge >= 0.3 is 0 Å². The van der Waals surface area contributed by atoms with E-state index in [0.717, 1.165) is 17.8 Å². The fourth-order valence-corrected chi connectivity index (χ4v) is 3.47. The summed E-state index contributed by atoms with van der Waals surface area (Å²) < 4.78 is 1.69. The Morgan fingerprint density at radius 1 is 1.18 bits per heavy atom. The van der Waals surface area contributed by atoms with Crippen molar-refractivity contribution in [3.8, 4) is 5.69 Å². The molecule has 28 heavy (non-hydrogen) atoms. The summed E-state index contributed by atoms with van der Waals surface area (Å²) >= 11 is 5.98. The van der Waals surface area contributed by atoms with E-state index in [1.165, 1.54) is 12.8 Å². The van der Waals surface area contributed by atoms with E-state index in [1.54, 1.807) is 16.8 Å². The van der Waals surface area contributed by atoms with Crippen molar-refractivity contribution in [3.63, 3.8) is 0 Å². The molecular formula is C22H23ClN4O. The zero-order valence-corrected chi connectivity index (χ0v) is 16.8. The SMILES string of the molecule is Cc1nc(C(=O)N(CC2CC2)C(C)c2ccccc2)nn1-c1ccc(Cl)cc1. The molecule has 3 aromatic rings. The molecule has 0 saturated heterocycles. The number of carbonyl (C=O) groups excluding carboxylic acids is 1. The first-order chi connectivity index (χ1) is 13.5. The second-order valence-corrected chi connectivity index (χ2v) is 7.79. The number of hydrogen-bond acceptors (Lipinski definition) is 3. The number of hydrogen-bond donors (Lipinski definition) is 0. The lowest BCUT2D eigenvalue weighted by molar-refractivity contribution is 0.0667. The van der Waals surface area contributed by atoms with Crippen molar-refractivity contribution in [1.29, 1.82) is 0 Å². The molecule has 6 heteroatoms. The maximum Gasteiger partial charge on any atom is 0.294 e. The maximum atomic E-state index is 13.3. The van der Waals surface area contributed by atoms with Crippen LogP contribution in [0.3, 0.4) is 0 Å². The van der Waals surface area contributed by atoms with Gasteiger partial charge in [0.2, 0.25) is 5.82 Å². The van der Waals surface area contributed by atoms with E-state index in [-0.39, 0.29) is 17.8 Å². The fourth-order valence-electron chi connectivity index (χ4n) is 3.34. The van der Waals surface area contributed by atoms with E-state index < -0.39 is 0 Å². The Kier molecular flexibility index (Phi) is 5.18. The van der Waals surface area contributed by atoms with Gasteiger partial charge in [0.05, 0.1) is 11.7 Å².